The van der Waals surface area contributed by atoms with E-state index in [0.717, 1.165) is 36.3 Å². The second kappa shape index (κ2) is 4.34. The molecule has 15 heavy (non-hydrogen) atoms. The van der Waals surface area contributed by atoms with Crippen molar-refractivity contribution in [2.45, 2.75) is 26.2 Å². The van der Waals surface area contributed by atoms with E-state index in [0.29, 0.717) is 6.61 Å². The highest BCUT2D eigenvalue weighted by molar-refractivity contribution is 6.02. The first-order valence-corrected chi connectivity index (χ1v) is 5.32. The lowest BCUT2D eigenvalue weighted by atomic mass is 9.89. The first-order chi connectivity index (χ1) is 7.36. The lowest BCUT2D eigenvalue weighted by Gasteiger charge is -2.19. The molecular formula is C12H15NO2. The molecule has 1 aliphatic rings. The maximum Gasteiger partial charge on any atom is 0.123 e. The van der Waals surface area contributed by atoms with Crippen LogP contribution in [0.25, 0.3) is 0 Å². The van der Waals surface area contributed by atoms with Crippen LogP contribution in [0.5, 0.6) is 5.75 Å². The number of rotatable bonds is 2. The third-order valence-corrected chi connectivity index (χ3v) is 2.70. The van der Waals surface area contributed by atoms with Crippen LogP contribution < -0.4 is 4.74 Å². The maximum absolute atomic E-state index is 8.91. The molecule has 0 fully saturated rings. The SMILES string of the molecule is CCOc1cccc2c1CCCC2=NO. The fraction of sp³-hybridized carbons (Fsp3) is 0.417. The largest absolute Gasteiger partial charge is 0.494 e. The molecule has 0 saturated carbocycles. The summed E-state index contributed by atoms with van der Waals surface area (Å²) in [7, 11) is 0. The zero-order chi connectivity index (χ0) is 10.7. The standard InChI is InChI=1S/C12H15NO2/c1-2-15-12-8-4-5-9-10(12)6-3-7-11(9)13-14/h4-5,8,14H,2-3,6-7H2,1H3. The summed E-state index contributed by atoms with van der Waals surface area (Å²) in [5.74, 6) is 0.927. The van der Waals surface area contributed by atoms with Crippen molar-refractivity contribution < 1.29 is 9.94 Å². The molecule has 0 radical (unpaired) electrons. The average Bonchev–Trinajstić information content (AvgIpc) is 2.29. The van der Waals surface area contributed by atoms with Gasteiger partial charge in [-0.05, 0) is 32.3 Å². The Morgan fingerprint density at radius 3 is 3.00 bits per heavy atom. The second-order valence-corrected chi connectivity index (χ2v) is 3.62. The second-order valence-electron chi connectivity index (χ2n) is 3.62. The molecule has 0 unspecified atom stereocenters. The molecular weight excluding hydrogens is 190 g/mol. The first-order valence-electron chi connectivity index (χ1n) is 5.32. The zero-order valence-corrected chi connectivity index (χ0v) is 8.86. The van der Waals surface area contributed by atoms with Gasteiger partial charge in [-0.3, -0.25) is 0 Å². The van der Waals surface area contributed by atoms with E-state index >= 15 is 0 Å². The van der Waals surface area contributed by atoms with Crippen LogP contribution in [0.4, 0.5) is 0 Å². The van der Waals surface area contributed by atoms with E-state index in [1.54, 1.807) is 0 Å². The predicted molar refractivity (Wildman–Crippen MR) is 58.9 cm³/mol. The maximum atomic E-state index is 8.91. The van der Waals surface area contributed by atoms with Gasteiger partial charge in [-0.15, -0.1) is 0 Å². The molecule has 80 valence electrons. The molecule has 0 spiro atoms. The van der Waals surface area contributed by atoms with Gasteiger partial charge in [0.05, 0.1) is 12.3 Å². The molecule has 0 aliphatic heterocycles. The fourth-order valence-electron chi connectivity index (χ4n) is 2.06. The Balaban J connectivity index is 2.46. The summed E-state index contributed by atoms with van der Waals surface area (Å²) in [6, 6.07) is 5.91. The zero-order valence-electron chi connectivity index (χ0n) is 8.86. The quantitative estimate of drug-likeness (QED) is 0.595. The summed E-state index contributed by atoms with van der Waals surface area (Å²) >= 11 is 0. The van der Waals surface area contributed by atoms with Crippen LogP contribution in [0.3, 0.4) is 0 Å². The summed E-state index contributed by atoms with van der Waals surface area (Å²) in [6.45, 7) is 2.64. The molecule has 1 aromatic carbocycles. The average molecular weight is 205 g/mol. The van der Waals surface area contributed by atoms with Crippen LogP contribution in [0, 0.1) is 0 Å². The van der Waals surface area contributed by atoms with E-state index in [1.165, 1.54) is 5.56 Å². The van der Waals surface area contributed by atoms with Gasteiger partial charge in [0, 0.05) is 11.1 Å². The number of oxime groups is 1. The normalized spacial score (nSPS) is 17.5. The minimum Gasteiger partial charge on any atom is -0.494 e. The predicted octanol–water partition coefficient (Wildman–Crippen LogP) is 2.60. The van der Waals surface area contributed by atoms with Crippen molar-refractivity contribution in [1.29, 1.82) is 0 Å². The molecule has 1 aliphatic carbocycles. The molecule has 3 heteroatoms. The third kappa shape index (κ3) is 1.82. The van der Waals surface area contributed by atoms with Gasteiger partial charge >= 0.3 is 0 Å². The Bertz CT molecular complexity index is 385. The molecule has 0 atom stereocenters. The number of fused-ring (bicyclic) bond motifs is 1. The van der Waals surface area contributed by atoms with E-state index in [9.17, 15) is 0 Å². The highest BCUT2D eigenvalue weighted by atomic mass is 16.5. The van der Waals surface area contributed by atoms with Crippen molar-refractivity contribution in [2.24, 2.45) is 5.16 Å². The molecule has 0 bridgehead atoms. The number of ether oxygens (including phenoxy) is 1. The number of hydrogen-bond donors (Lipinski definition) is 1. The lowest BCUT2D eigenvalue weighted by Crippen LogP contribution is -2.13. The monoisotopic (exact) mass is 205 g/mol. The van der Waals surface area contributed by atoms with Crippen LogP contribution in [0.15, 0.2) is 23.4 Å². The highest BCUT2D eigenvalue weighted by Gasteiger charge is 2.18. The minimum absolute atomic E-state index is 0.669. The van der Waals surface area contributed by atoms with Crippen LogP contribution in [0.2, 0.25) is 0 Å². The molecule has 1 N–H and O–H groups in total. The summed E-state index contributed by atoms with van der Waals surface area (Å²) in [4.78, 5) is 0. The van der Waals surface area contributed by atoms with Crippen LogP contribution in [0.1, 0.15) is 30.9 Å². The Labute approximate surface area is 89.4 Å². The van der Waals surface area contributed by atoms with E-state index in [1.807, 2.05) is 25.1 Å². The van der Waals surface area contributed by atoms with Crippen molar-refractivity contribution in [2.75, 3.05) is 6.61 Å². The van der Waals surface area contributed by atoms with Gasteiger partial charge in [0.15, 0.2) is 0 Å². The minimum atomic E-state index is 0.669. The molecule has 0 heterocycles. The van der Waals surface area contributed by atoms with Crippen molar-refractivity contribution in [1.82, 2.24) is 0 Å². The molecule has 0 saturated heterocycles. The topological polar surface area (TPSA) is 41.8 Å². The summed E-state index contributed by atoms with van der Waals surface area (Å²) in [6.07, 6.45) is 2.88. The van der Waals surface area contributed by atoms with E-state index in [4.69, 9.17) is 9.94 Å². The smallest absolute Gasteiger partial charge is 0.123 e. The summed E-state index contributed by atoms with van der Waals surface area (Å²) in [5.41, 5.74) is 2.99. The van der Waals surface area contributed by atoms with Crippen molar-refractivity contribution in [3.05, 3.63) is 29.3 Å². The Morgan fingerprint density at radius 2 is 2.27 bits per heavy atom. The van der Waals surface area contributed by atoms with Gasteiger partial charge in [-0.2, -0.15) is 0 Å². The Hall–Kier alpha value is -1.51. The Kier molecular flexibility index (Phi) is 2.90. The lowest BCUT2D eigenvalue weighted by molar-refractivity contribution is 0.316. The van der Waals surface area contributed by atoms with E-state index in [-0.39, 0.29) is 0 Å². The number of nitrogens with zero attached hydrogens (tertiary/aromatic N) is 1. The van der Waals surface area contributed by atoms with Crippen molar-refractivity contribution in [3.8, 4) is 5.75 Å². The van der Waals surface area contributed by atoms with Gasteiger partial charge in [0.25, 0.3) is 0 Å². The van der Waals surface area contributed by atoms with Crippen molar-refractivity contribution >= 4 is 5.71 Å². The highest BCUT2D eigenvalue weighted by Crippen LogP contribution is 2.29. The van der Waals surface area contributed by atoms with Crippen molar-refractivity contribution in [3.63, 3.8) is 0 Å². The van der Waals surface area contributed by atoms with E-state index in [2.05, 4.69) is 5.16 Å². The molecule has 0 amide bonds. The van der Waals surface area contributed by atoms with Crippen LogP contribution >= 0.6 is 0 Å². The number of benzene rings is 1. The van der Waals surface area contributed by atoms with E-state index < -0.39 is 0 Å². The third-order valence-electron chi connectivity index (χ3n) is 2.70. The van der Waals surface area contributed by atoms with Gasteiger partial charge in [0.2, 0.25) is 0 Å². The number of hydrogen-bond acceptors (Lipinski definition) is 3. The van der Waals surface area contributed by atoms with Crippen LogP contribution in [-0.2, 0) is 6.42 Å². The molecule has 3 nitrogen and oxygen atoms in total. The summed E-state index contributed by atoms with van der Waals surface area (Å²) < 4.78 is 5.56. The molecule has 1 aromatic rings. The van der Waals surface area contributed by atoms with Gasteiger partial charge in [-0.25, -0.2) is 0 Å². The summed E-state index contributed by atoms with van der Waals surface area (Å²) in [5, 5.41) is 12.3. The van der Waals surface area contributed by atoms with Crippen LogP contribution in [-0.4, -0.2) is 17.5 Å². The van der Waals surface area contributed by atoms with Gasteiger partial charge < -0.3 is 9.94 Å². The van der Waals surface area contributed by atoms with Gasteiger partial charge in [-0.1, -0.05) is 17.3 Å². The first kappa shape index (κ1) is 10.0. The molecule has 2 rings (SSSR count). The van der Waals surface area contributed by atoms with Gasteiger partial charge in [0.1, 0.15) is 5.75 Å². The Morgan fingerprint density at radius 1 is 1.40 bits per heavy atom. The molecule has 0 aromatic heterocycles. The fourth-order valence-corrected chi connectivity index (χ4v) is 2.06.